The van der Waals surface area contributed by atoms with Crippen LogP contribution in [0.2, 0.25) is 0 Å². The second-order valence-electron chi connectivity index (χ2n) is 9.31. The average molecular weight is 513 g/mol. The maximum atomic E-state index is 13.3. The van der Waals surface area contributed by atoms with Crippen LogP contribution < -0.4 is 21.9 Å². The Labute approximate surface area is 220 Å². The van der Waals surface area contributed by atoms with Crippen molar-refractivity contribution in [2.75, 3.05) is 10.6 Å². The number of amides is 2. The average Bonchev–Trinajstić information content (AvgIpc) is 2.92. The molecule has 1 aromatic heterocycles. The molecule has 196 valence electrons. The molecule has 4 aromatic rings. The van der Waals surface area contributed by atoms with Crippen LogP contribution in [0.1, 0.15) is 37.3 Å². The number of carbonyl (C=O) groups excluding carboxylic acids is 2. The molecule has 3 aromatic carbocycles. The molecule has 0 fully saturated rings. The number of aromatic nitrogens is 2. The van der Waals surface area contributed by atoms with E-state index in [0.717, 1.165) is 27.8 Å². The van der Waals surface area contributed by atoms with E-state index in [9.17, 15) is 19.2 Å². The molecule has 2 N–H and O–H groups in total. The topological polar surface area (TPSA) is 102 Å². The summed E-state index contributed by atoms with van der Waals surface area (Å²) in [6.07, 6.45) is 2.13. The fourth-order valence-corrected chi connectivity index (χ4v) is 4.30. The van der Waals surface area contributed by atoms with Gasteiger partial charge in [-0.2, -0.15) is 0 Å². The molecule has 4 rings (SSSR count). The Hall–Kier alpha value is -4.46. The van der Waals surface area contributed by atoms with Crippen molar-refractivity contribution >= 4 is 34.1 Å². The normalized spacial score (nSPS) is 10.9. The molecule has 8 heteroatoms. The van der Waals surface area contributed by atoms with Crippen LogP contribution in [0.25, 0.3) is 10.9 Å². The van der Waals surface area contributed by atoms with Crippen molar-refractivity contribution in [2.45, 2.75) is 52.6 Å². The van der Waals surface area contributed by atoms with Crippen LogP contribution in [0.3, 0.4) is 0 Å². The summed E-state index contributed by atoms with van der Waals surface area (Å²) in [5.74, 6) is -0.486. The van der Waals surface area contributed by atoms with E-state index in [1.807, 2.05) is 55.5 Å². The van der Waals surface area contributed by atoms with Gasteiger partial charge in [0.15, 0.2) is 0 Å². The predicted molar refractivity (Wildman–Crippen MR) is 151 cm³/mol. The van der Waals surface area contributed by atoms with Crippen molar-refractivity contribution in [1.29, 1.82) is 0 Å². The molecule has 0 spiro atoms. The lowest BCUT2D eigenvalue weighted by atomic mass is 10.1. The summed E-state index contributed by atoms with van der Waals surface area (Å²) in [6.45, 7) is 3.96. The van der Waals surface area contributed by atoms with E-state index in [0.29, 0.717) is 29.4 Å². The van der Waals surface area contributed by atoms with E-state index in [-0.39, 0.29) is 31.3 Å². The molecule has 0 aliphatic carbocycles. The third kappa shape index (κ3) is 6.45. The molecule has 0 saturated carbocycles. The number of rotatable bonds is 10. The number of hydrogen-bond acceptors (Lipinski definition) is 4. The van der Waals surface area contributed by atoms with Crippen LogP contribution in [-0.2, 0) is 29.1 Å². The molecule has 8 nitrogen and oxygen atoms in total. The Morgan fingerprint density at radius 2 is 1.39 bits per heavy atom. The molecule has 0 radical (unpaired) electrons. The Kier molecular flexibility index (Phi) is 8.53. The van der Waals surface area contributed by atoms with Crippen molar-refractivity contribution in [3.05, 3.63) is 105 Å². The molecule has 0 saturated heterocycles. The first-order chi connectivity index (χ1) is 18.4. The van der Waals surface area contributed by atoms with Gasteiger partial charge in [0.2, 0.25) is 11.8 Å². The zero-order chi connectivity index (χ0) is 27.1. The van der Waals surface area contributed by atoms with E-state index in [4.69, 9.17) is 0 Å². The van der Waals surface area contributed by atoms with Crippen molar-refractivity contribution in [3.8, 4) is 0 Å². The highest BCUT2D eigenvalue weighted by Gasteiger charge is 2.15. The first-order valence-corrected chi connectivity index (χ1v) is 12.8. The molecule has 0 atom stereocenters. The van der Waals surface area contributed by atoms with Crippen molar-refractivity contribution < 1.29 is 9.59 Å². The van der Waals surface area contributed by atoms with Crippen LogP contribution >= 0.6 is 0 Å². The SMILES string of the molecule is CCc1ccc(NC(=O)Cn2c(=O)n(CCCCC(=O)Nc3ccc(C)cc3)c(=O)c3ccccc32)cc1. The molecule has 0 aliphatic heterocycles. The fraction of sp³-hybridized carbons (Fsp3) is 0.267. The third-order valence-electron chi connectivity index (χ3n) is 6.45. The smallest absolute Gasteiger partial charge is 0.326 e. The van der Waals surface area contributed by atoms with Gasteiger partial charge >= 0.3 is 5.69 Å². The zero-order valence-electron chi connectivity index (χ0n) is 21.7. The lowest BCUT2D eigenvalue weighted by Gasteiger charge is -2.14. The molecule has 0 bridgehead atoms. The van der Waals surface area contributed by atoms with Gasteiger partial charge in [0.25, 0.3) is 5.56 Å². The number of carbonyl (C=O) groups is 2. The van der Waals surface area contributed by atoms with Crippen LogP contribution in [0, 0.1) is 6.92 Å². The molecule has 0 unspecified atom stereocenters. The molecule has 2 amide bonds. The van der Waals surface area contributed by atoms with Gasteiger partial charge in [-0.05, 0) is 68.1 Å². The van der Waals surface area contributed by atoms with Crippen molar-refractivity contribution in [3.63, 3.8) is 0 Å². The lowest BCUT2D eigenvalue weighted by molar-refractivity contribution is -0.117. The summed E-state index contributed by atoms with van der Waals surface area (Å²) in [5, 5.41) is 6.04. The first-order valence-electron chi connectivity index (χ1n) is 12.8. The number of hydrogen-bond donors (Lipinski definition) is 2. The highest BCUT2D eigenvalue weighted by Crippen LogP contribution is 2.13. The second-order valence-corrected chi connectivity index (χ2v) is 9.31. The van der Waals surface area contributed by atoms with E-state index < -0.39 is 11.2 Å². The van der Waals surface area contributed by atoms with Gasteiger partial charge in [-0.25, -0.2) is 4.79 Å². The van der Waals surface area contributed by atoms with Gasteiger partial charge in [-0.1, -0.05) is 48.9 Å². The van der Waals surface area contributed by atoms with E-state index in [1.54, 1.807) is 24.3 Å². The Balaban J connectivity index is 1.45. The number of para-hydroxylation sites is 1. The van der Waals surface area contributed by atoms with Crippen molar-refractivity contribution in [2.24, 2.45) is 0 Å². The van der Waals surface area contributed by atoms with Gasteiger partial charge in [0, 0.05) is 24.3 Å². The number of anilines is 2. The number of benzene rings is 3. The minimum atomic E-state index is -0.547. The minimum absolute atomic E-state index is 0.124. The molecule has 38 heavy (non-hydrogen) atoms. The highest BCUT2D eigenvalue weighted by molar-refractivity contribution is 5.92. The summed E-state index contributed by atoms with van der Waals surface area (Å²) in [6, 6.07) is 21.9. The van der Waals surface area contributed by atoms with Gasteiger partial charge in [-0.15, -0.1) is 0 Å². The summed E-state index contributed by atoms with van der Waals surface area (Å²) >= 11 is 0. The Morgan fingerprint density at radius 3 is 2.08 bits per heavy atom. The molecular weight excluding hydrogens is 480 g/mol. The quantitative estimate of drug-likeness (QED) is 0.306. The highest BCUT2D eigenvalue weighted by atomic mass is 16.2. The molecular formula is C30H32N4O4. The summed E-state index contributed by atoms with van der Waals surface area (Å²) < 4.78 is 2.49. The summed E-state index contributed by atoms with van der Waals surface area (Å²) in [4.78, 5) is 51.6. The fourth-order valence-electron chi connectivity index (χ4n) is 4.30. The van der Waals surface area contributed by atoms with E-state index >= 15 is 0 Å². The maximum Gasteiger partial charge on any atom is 0.331 e. The predicted octanol–water partition coefficient (Wildman–Crippen LogP) is 4.48. The standard InChI is InChI=1S/C30H32N4O4/c1-3-22-13-17-24(18-14-22)32-28(36)20-34-26-9-5-4-8-25(26)29(37)33(30(34)38)19-7-6-10-27(35)31-23-15-11-21(2)12-16-23/h4-5,8-9,11-18H,3,6-7,10,19-20H2,1-2H3,(H,31,35)(H,32,36). The van der Waals surface area contributed by atoms with Crippen LogP contribution in [0.4, 0.5) is 11.4 Å². The third-order valence-corrected chi connectivity index (χ3v) is 6.45. The lowest BCUT2D eigenvalue weighted by Crippen LogP contribution is -2.41. The first kappa shape index (κ1) is 26.6. The van der Waals surface area contributed by atoms with Crippen LogP contribution in [0.5, 0.6) is 0 Å². The Morgan fingerprint density at radius 1 is 0.763 bits per heavy atom. The minimum Gasteiger partial charge on any atom is -0.326 e. The number of nitrogens with one attached hydrogen (secondary N) is 2. The number of unbranched alkanes of at least 4 members (excludes halogenated alkanes) is 1. The zero-order valence-corrected chi connectivity index (χ0v) is 21.7. The second kappa shape index (κ2) is 12.2. The molecule has 0 aliphatic rings. The van der Waals surface area contributed by atoms with Gasteiger partial charge in [-0.3, -0.25) is 23.5 Å². The maximum absolute atomic E-state index is 13.3. The summed E-state index contributed by atoms with van der Waals surface area (Å²) in [7, 11) is 0. The van der Waals surface area contributed by atoms with E-state index in [1.165, 1.54) is 4.57 Å². The van der Waals surface area contributed by atoms with Gasteiger partial charge in [0.05, 0.1) is 10.9 Å². The number of aryl methyl sites for hydroxylation is 2. The summed E-state index contributed by atoms with van der Waals surface area (Å²) in [5.41, 5.74) is 3.10. The van der Waals surface area contributed by atoms with Crippen molar-refractivity contribution in [1.82, 2.24) is 9.13 Å². The van der Waals surface area contributed by atoms with Gasteiger partial charge < -0.3 is 10.6 Å². The van der Waals surface area contributed by atoms with Crippen LogP contribution in [-0.4, -0.2) is 20.9 Å². The number of fused-ring (bicyclic) bond motifs is 1. The number of nitrogens with zero attached hydrogens (tertiary/aromatic N) is 2. The monoisotopic (exact) mass is 512 g/mol. The molecule has 1 heterocycles. The van der Waals surface area contributed by atoms with Gasteiger partial charge in [0.1, 0.15) is 6.54 Å². The van der Waals surface area contributed by atoms with Crippen LogP contribution in [0.15, 0.2) is 82.4 Å². The van der Waals surface area contributed by atoms with E-state index in [2.05, 4.69) is 17.6 Å². The largest absolute Gasteiger partial charge is 0.331 e. The Bertz CT molecular complexity index is 1550.